The summed E-state index contributed by atoms with van der Waals surface area (Å²) in [5.74, 6) is -0.410. The number of carbonyl (C=O) groups is 1. The second kappa shape index (κ2) is 7.96. The highest BCUT2D eigenvalue weighted by atomic mass is 16.6. The molecule has 0 aliphatic carbocycles. The summed E-state index contributed by atoms with van der Waals surface area (Å²) in [6.45, 7) is 1.69. The van der Waals surface area contributed by atoms with Crippen LogP contribution in [-0.4, -0.2) is 25.8 Å². The Bertz CT molecular complexity index is 1230. The van der Waals surface area contributed by atoms with Gasteiger partial charge in [0.15, 0.2) is 5.69 Å². The molecule has 0 saturated heterocycles. The highest BCUT2D eigenvalue weighted by molar-refractivity contribution is 6.05. The van der Waals surface area contributed by atoms with Crippen molar-refractivity contribution in [2.45, 2.75) is 6.92 Å². The summed E-state index contributed by atoms with van der Waals surface area (Å²) in [7, 11) is 0. The predicted molar refractivity (Wildman–Crippen MR) is 113 cm³/mol. The Morgan fingerprint density at radius 3 is 2.50 bits per heavy atom. The van der Waals surface area contributed by atoms with Gasteiger partial charge in [-0.2, -0.15) is 0 Å². The van der Waals surface area contributed by atoms with Gasteiger partial charge in [-0.3, -0.25) is 14.9 Å². The molecule has 0 saturated carbocycles. The molecule has 4 rings (SSSR count). The van der Waals surface area contributed by atoms with Gasteiger partial charge in [-0.05, 0) is 24.6 Å². The van der Waals surface area contributed by atoms with Crippen LogP contribution >= 0.6 is 0 Å². The number of hydrogen-bond acceptors (Lipinski definition) is 5. The number of carbonyl (C=O) groups excluding carboxylic acids is 1. The molecule has 30 heavy (non-hydrogen) atoms. The highest BCUT2D eigenvalue weighted by Crippen LogP contribution is 2.28. The molecule has 0 fully saturated rings. The minimum absolute atomic E-state index is 0.0646. The van der Waals surface area contributed by atoms with Crippen LogP contribution in [0.5, 0.6) is 0 Å². The Hall–Kier alpha value is -4.33. The Morgan fingerprint density at radius 1 is 1.00 bits per heavy atom. The molecule has 0 aliphatic heterocycles. The number of nitrogens with zero attached hydrogens (tertiary/aromatic N) is 4. The van der Waals surface area contributed by atoms with Crippen LogP contribution in [0.2, 0.25) is 0 Å². The van der Waals surface area contributed by atoms with Crippen LogP contribution in [0.1, 0.15) is 16.2 Å². The Morgan fingerprint density at radius 2 is 1.73 bits per heavy atom. The molecule has 0 atom stereocenters. The van der Waals surface area contributed by atoms with Crippen molar-refractivity contribution in [3.63, 3.8) is 0 Å². The van der Waals surface area contributed by atoms with E-state index in [1.165, 1.54) is 16.8 Å². The van der Waals surface area contributed by atoms with Gasteiger partial charge in [-0.25, -0.2) is 4.68 Å². The molecule has 4 aromatic rings. The Kier molecular flexibility index (Phi) is 5.04. The summed E-state index contributed by atoms with van der Waals surface area (Å²) in [6.07, 6.45) is 0. The molecule has 1 heterocycles. The van der Waals surface area contributed by atoms with Crippen LogP contribution in [0.15, 0.2) is 78.9 Å². The first kappa shape index (κ1) is 19.0. The average Bonchev–Trinajstić information content (AvgIpc) is 3.16. The van der Waals surface area contributed by atoms with Crippen molar-refractivity contribution in [3.8, 4) is 16.8 Å². The zero-order chi connectivity index (χ0) is 21.1. The number of benzene rings is 3. The van der Waals surface area contributed by atoms with Crippen molar-refractivity contribution < 1.29 is 9.72 Å². The number of nitrogens with one attached hydrogen (secondary N) is 1. The summed E-state index contributed by atoms with van der Waals surface area (Å²) in [6, 6.07) is 23.2. The van der Waals surface area contributed by atoms with E-state index in [1.54, 1.807) is 19.1 Å². The Balaban J connectivity index is 1.64. The zero-order valence-corrected chi connectivity index (χ0v) is 16.0. The third-order valence-corrected chi connectivity index (χ3v) is 4.65. The second-order valence-electron chi connectivity index (χ2n) is 6.58. The van der Waals surface area contributed by atoms with Gasteiger partial charge >= 0.3 is 0 Å². The number of rotatable bonds is 5. The average molecular weight is 399 g/mol. The molecular formula is C22H17N5O3. The lowest BCUT2D eigenvalue weighted by atomic mass is 10.0. The fraction of sp³-hybridized carbons (Fsp3) is 0.0455. The molecule has 0 aliphatic rings. The van der Waals surface area contributed by atoms with E-state index in [9.17, 15) is 14.9 Å². The molecule has 0 unspecified atom stereocenters. The first-order chi connectivity index (χ1) is 14.5. The van der Waals surface area contributed by atoms with Crippen molar-refractivity contribution in [1.29, 1.82) is 0 Å². The maximum atomic E-state index is 12.9. The smallest absolute Gasteiger partial charge is 0.278 e. The minimum Gasteiger partial charge on any atom is -0.320 e. The number of anilines is 1. The van der Waals surface area contributed by atoms with Crippen molar-refractivity contribution in [3.05, 3.63) is 100 Å². The lowest BCUT2D eigenvalue weighted by Crippen LogP contribution is -2.15. The van der Waals surface area contributed by atoms with Crippen LogP contribution in [-0.2, 0) is 0 Å². The lowest BCUT2D eigenvalue weighted by Gasteiger charge is -2.11. The fourth-order valence-electron chi connectivity index (χ4n) is 3.17. The van der Waals surface area contributed by atoms with E-state index in [0.29, 0.717) is 17.1 Å². The summed E-state index contributed by atoms with van der Waals surface area (Å²) in [5.41, 5.74) is 3.52. The van der Waals surface area contributed by atoms with E-state index in [1.807, 2.05) is 54.6 Å². The summed E-state index contributed by atoms with van der Waals surface area (Å²) in [4.78, 5) is 23.5. The Labute approximate surface area is 171 Å². The number of non-ortho nitro benzene ring substituents is 1. The van der Waals surface area contributed by atoms with E-state index in [0.717, 1.165) is 11.1 Å². The zero-order valence-electron chi connectivity index (χ0n) is 16.0. The summed E-state index contributed by atoms with van der Waals surface area (Å²) >= 11 is 0. The summed E-state index contributed by atoms with van der Waals surface area (Å²) in [5, 5.41) is 21.9. The number of nitro groups is 1. The third-order valence-electron chi connectivity index (χ3n) is 4.65. The number of para-hydroxylation sites is 1. The van der Waals surface area contributed by atoms with Gasteiger partial charge < -0.3 is 5.32 Å². The van der Waals surface area contributed by atoms with Crippen molar-refractivity contribution in [2.24, 2.45) is 0 Å². The fourth-order valence-corrected chi connectivity index (χ4v) is 3.17. The highest BCUT2D eigenvalue weighted by Gasteiger charge is 2.19. The molecule has 0 bridgehead atoms. The maximum Gasteiger partial charge on any atom is 0.278 e. The first-order valence-corrected chi connectivity index (χ1v) is 9.17. The largest absolute Gasteiger partial charge is 0.320 e. The maximum absolute atomic E-state index is 12.9. The van der Waals surface area contributed by atoms with Crippen LogP contribution in [0, 0.1) is 17.0 Å². The normalized spacial score (nSPS) is 10.6. The standard InChI is InChI=1S/C22H17N5O3/c1-15-21(24-25-26(15)17-10-7-11-18(14-17)27(29)30)22(28)23-20-13-6-5-12-19(20)16-8-3-2-4-9-16/h2-14H,1H3,(H,23,28). The molecule has 148 valence electrons. The topological polar surface area (TPSA) is 103 Å². The monoisotopic (exact) mass is 399 g/mol. The van der Waals surface area contributed by atoms with Gasteiger partial charge in [0.1, 0.15) is 0 Å². The molecule has 0 radical (unpaired) electrons. The second-order valence-corrected chi connectivity index (χ2v) is 6.58. The van der Waals surface area contributed by atoms with E-state index in [2.05, 4.69) is 15.6 Å². The third kappa shape index (κ3) is 3.66. The molecule has 8 heteroatoms. The SMILES string of the molecule is Cc1c(C(=O)Nc2ccccc2-c2ccccc2)nnn1-c1cccc([N+](=O)[O-])c1. The van der Waals surface area contributed by atoms with Gasteiger partial charge in [0.25, 0.3) is 11.6 Å². The van der Waals surface area contributed by atoms with Crippen molar-refractivity contribution in [2.75, 3.05) is 5.32 Å². The molecular weight excluding hydrogens is 382 g/mol. The summed E-state index contributed by atoms with van der Waals surface area (Å²) < 4.78 is 1.41. The molecule has 1 aromatic heterocycles. The predicted octanol–water partition coefficient (Wildman–Crippen LogP) is 4.40. The number of amides is 1. The molecule has 1 N–H and O–H groups in total. The number of hydrogen-bond donors (Lipinski definition) is 1. The van der Waals surface area contributed by atoms with Crippen LogP contribution < -0.4 is 5.32 Å². The van der Waals surface area contributed by atoms with Gasteiger partial charge in [-0.15, -0.1) is 5.10 Å². The van der Waals surface area contributed by atoms with Gasteiger partial charge in [0.05, 0.1) is 16.3 Å². The van der Waals surface area contributed by atoms with E-state index >= 15 is 0 Å². The number of aromatic nitrogens is 3. The first-order valence-electron chi connectivity index (χ1n) is 9.17. The molecule has 1 amide bonds. The van der Waals surface area contributed by atoms with Crippen LogP contribution in [0.3, 0.4) is 0 Å². The van der Waals surface area contributed by atoms with Gasteiger partial charge in [0, 0.05) is 23.4 Å². The van der Waals surface area contributed by atoms with E-state index < -0.39 is 10.8 Å². The van der Waals surface area contributed by atoms with Crippen LogP contribution in [0.25, 0.3) is 16.8 Å². The molecule has 0 spiro atoms. The molecule has 8 nitrogen and oxygen atoms in total. The molecule has 3 aromatic carbocycles. The van der Waals surface area contributed by atoms with Crippen molar-refractivity contribution in [1.82, 2.24) is 15.0 Å². The van der Waals surface area contributed by atoms with E-state index in [-0.39, 0.29) is 11.4 Å². The van der Waals surface area contributed by atoms with Crippen molar-refractivity contribution >= 4 is 17.3 Å². The van der Waals surface area contributed by atoms with Crippen LogP contribution in [0.4, 0.5) is 11.4 Å². The van der Waals surface area contributed by atoms with Gasteiger partial charge in [0.2, 0.25) is 0 Å². The number of nitro benzene ring substituents is 1. The lowest BCUT2D eigenvalue weighted by molar-refractivity contribution is -0.384. The quantitative estimate of drug-likeness (QED) is 0.396. The minimum atomic E-state index is -0.482. The van der Waals surface area contributed by atoms with E-state index in [4.69, 9.17) is 0 Å². The van der Waals surface area contributed by atoms with Gasteiger partial charge in [-0.1, -0.05) is 59.8 Å².